The van der Waals surface area contributed by atoms with Gasteiger partial charge < -0.3 is 9.47 Å². The highest BCUT2D eigenvalue weighted by Crippen LogP contribution is 2.19. The SMILES string of the molecule is Cc1ccnc(-c2cc(COC3CCCCO3)ccn2)c1. The van der Waals surface area contributed by atoms with E-state index in [2.05, 4.69) is 16.9 Å². The Kier molecular flexibility index (Phi) is 4.58. The summed E-state index contributed by atoms with van der Waals surface area (Å²) in [6, 6.07) is 8.03. The fourth-order valence-electron chi connectivity index (χ4n) is 2.41. The van der Waals surface area contributed by atoms with Crippen LogP contribution < -0.4 is 0 Å². The summed E-state index contributed by atoms with van der Waals surface area (Å²) < 4.78 is 11.4. The molecular formula is C17H20N2O2. The number of nitrogens with zero attached hydrogens (tertiary/aromatic N) is 2. The van der Waals surface area contributed by atoms with Gasteiger partial charge in [-0.1, -0.05) is 0 Å². The van der Waals surface area contributed by atoms with Crippen molar-refractivity contribution in [3.05, 3.63) is 47.8 Å². The Bertz CT molecular complexity index is 595. The summed E-state index contributed by atoms with van der Waals surface area (Å²) in [5, 5.41) is 0. The average Bonchev–Trinajstić information content (AvgIpc) is 2.54. The van der Waals surface area contributed by atoms with Gasteiger partial charge in [-0.05, 0) is 61.6 Å². The van der Waals surface area contributed by atoms with E-state index in [1.165, 1.54) is 12.0 Å². The van der Waals surface area contributed by atoms with Crippen molar-refractivity contribution in [1.82, 2.24) is 9.97 Å². The predicted octanol–water partition coefficient (Wildman–Crippen LogP) is 3.50. The third-order valence-electron chi connectivity index (χ3n) is 3.58. The Morgan fingerprint density at radius 2 is 1.95 bits per heavy atom. The van der Waals surface area contributed by atoms with E-state index in [4.69, 9.17) is 9.47 Å². The molecule has 4 heteroatoms. The van der Waals surface area contributed by atoms with Gasteiger partial charge in [0.25, 0.3) is 0 Å². The minimum absolute atomic E-state index is 0.0625. The van der Waals surface area contributed by atoms with Gasteiger partial charge in [-0.25, -0.2) is 0 Å². The summed E-state index contributed by atoms with van der Waals surface area (Å²) in [5.74, 6) is 0. The number of pyridine rings is 2. The molecule has 3 heterocycles. The Morgan fingerprint density at radius 1 is 1.14 bits per heavy atom. The van der Waals surface area contributed by atoms with Crippen LogP contribution in [0.25, 0.3) is 11.4 Å². The van der Waals surface area contributed by atoms with Crippen LogP contribution in [-0.4, -0.2) is 22.9 Å². The van der Waals surface area contributed by atoms with Gasteiger partial charge in [-0.2, -0.15) is 0 Å². The lowest BCUT2D eigenvalue weighted by Gasteiger charge is -2.22. The lowest BCUT2D eigenvalue weighted by molar-refractivity contribution is -0.168. The Labute approximate surface area is 125 Å². The van der Waals surface area contributed by atoms with Crippen LogP contribution in [-0.2, 0) is 16.1 Å². The van der Waals surface area contributed by atoms with Gasteiger partial charge in [0.15, 0.2) is 6.29 Å². The molecule has 3 rings (SSSR count). The van der Waals surface area contributed by atoms with Crippen molar-refractivity contribution in [3.8, 4) is 11.4 Å². The largest absolute Gasteiger partial charge is 0.353 e. The maximum atomic E-state index is 5.81. The topological polar surface area (TPSA) is 44.2 Å². The molecule has 4 nitrogen and oxygen atoms in total. The number of aromatic nitrogens is 2. The highest BCUT2D eigenvalue weighted by atomic mass is 16.7. The van der Waals surface area contributed by atoms with E-state index in [-0.39, 0.29) is 6.29 Å². The Hall–Kier alpha value is -1.78. The fourth-order valence-corrected chi connectivity index (χ4v) is 2.41. The highest BCUT2D eigenvalue weighted by Gasteiger charge is 2.14. The van der Waals surface area contributed by atoms with Crippen molar-refractivity contribution in [2.75, 3.05) is 6.61 Å². The predicted molar refractivity (Wildman–Crippen MR) is 80.6 cm³/mol. The molecule has 0 amide bonds. The molecule has 0 aliphatic carbocycles. The van der Waals surface area contributed by atoms with Crippen molar-refractivity contribution in [3.63, 3.8) is 0 Å². The van der Waals surface area contributed by atoms with Gasteiger partial charge in [0, 0.05) is 19.0 Å². The quantitative estimate of drug-likeness (QED) is 0.862. The van der Waals surface area contributed by atoms with Crippen LogP contribution in [0.3, 0.4) is 0 Å². The summed E-state index contributed by atoms with van der Waals surface area (Å²) in [5.41, 5.74) is 4.05. The number of rotatable bonds is 4. The van der Waals surface area contributed by atoms with Crippen LogP contribution in [0, 0.1) is 6.92 Å². The monoisotopic (exact) mass is 284 g/mol. The number of ether oxygens (including phenoxy) is 2. The first-order chi connectivity index (χ1) is 10.3. The molecule has 0 aromatic carbocycles. The first-order valence-corrected chi connectivity index (χ1v) is 7.42. The smallest absolute Gasteiger partial charge is 0.158 e. The zero-order valence-electron chi connectivity index (χ0n) is 12.3. The molecule has 0 N–H and O–H groups in total. The molecule has 0 bridgehead atoms. The van der Waals surface area contributed by atoms with Gasteiger partial charge in [0.05, 0.1) is 18.0 Å². The second-order valence-electron chi connectivity index (χ2n) is 5.37. The first kappa shape index (κ1) is 14.2. The van der Waals surface area contributed by atoms with Gasteiger partial charge >= 0.3 is 0 Å². The molecule has 1 aliphatic rings. The van der Waals surface area contributed by atoms with Crippen molar-refractivity contribution in [2.24, 2.45) is 0 Å². The molecule has 1 unspecified atom stereocenters. The van der Waals surface area contributed by atoms with Gasteiger partial charge in [0.1, 0.15) is 0 Å². The molecule has 0 radical (unpaired) electrons. The van der Waals surface area contributed by atoms with Crippen LogP contribution in [0.5, 0.6) is 0 Å². The molecule has 110 valence electrons. The van der Waals surface area contributed by atoms with Crippen LogP contribution in [0.1, 0.15) is 30.4 Å². The third-order valence-corrected chi connectivity index (χ3v) is 3.58. The maximum Gasteiger partial charge on any atom is 0.158 e. The normalized spacial score (nSPS) is 18.6. The standard InChI is InChI=1S/C17H20N2O2/c1-13-5-7-18-15(10-13)16-11-14(6-8-19-16)12-21-17-4-2-3-9-20-17/h5-8,10-11,17H,2-4,9,12H2,1H3. The van der Waals surface area contributed by atoms with E-state index in [9.17, 15) is 0 Å². The molecule has 0 saturated carbocycles. The molecular weight excluding hydrogens is 264 g/mol. The highest BCUT2D eigenvalue weighted by molar-refractivity contribution is 5.55. The maximum absolute atomic E-state index is 5.81. The van der Waals surface area contributed by atoms with Crippen molar-refractivity contribution >= 4 is 0 Å². The lowest BCUT2D eigenvalue weighted by atomic mass is 10.1. The van der Waals surface area contributed by atoms with E-state index in [1.807, 2.05) is 30.5 Å². The fraction of sp³-hybridized carbons (Fsp3) is 0.412. The zero-order valence-corrected chi connectivity index (χ0v) is 12.3. The number of hydrogen-bond donors (Lipinski definition) is 0. The molecule has 1 saturated heterocycles. The van der Waals surface area contributed by atoms with Gasteiger partial charge in [-0.15, -0.1) is 0 Å². The Balaban J connectivity index is 1.68. The second kappa shape index (κ2) is 6.78. The summed E-state index contributed by atoms with van der Waals surface area (Å²) in [4.78, 5) is 8.77. The second-order valence-corrected chi connectivity index (χ2v) is 5.37. The molecule has 0 spiro atoms. The zero-order chi connectivity index (χ0) is 14.5. The van der Waals surface area contributed by atoms with E-state index in [1.54, 1.807) is 6.20 Å². The number of aryl methyl sites for hydroxylation is 1. The van der Waals surface area contributed by atoms with E-state index >= 15 is 0 Å². The third kappa shape index (κ3) is 3.86. The van der Waals surface area contributed by atoms with Crippen LogP contribution in [0.15, 0.2) is 36.7 Å². The van der Waals surface area contributed by atoms with E-state index in [0.717, 1.165) is 36.4 Å². The van der Waals surface area contributed by atoms with Gasteiger partial charge in [0.2, 0.25) is 0 Å². The molecule has 1 atom stereocenters. The van der Waals surface area contributed by atoms with Crippen LogP contribution >= 0.6 is 0 Å². The van der Waals surface area contributed by atoms with E-state index in [0.29, 0.717) is 6.61 Å². The Morgan fingerprint density at radius 3 is 2.71 bits per heavy atom. The molecule has 21 heavy (non-hydrogen) atoms. The van der Waals surface area contributed by atoms with E-state index < -0.39 is 0 Å². The van der Waals surface area contributed by atoms with Crippen molar-refractivity contribution in [2.45, 2.75) is 39.1 Å². The lowest BCUT2D eigenvalue weighted by Crippen LogP contribution is -2.22. The first-order valence-electron chi connectivity index (χ1n) is 7.42. The summed E-state index contributed by atoms with van der Waals surface area (Å²) >= 11 is 0. The molecule has 1 fully saturated rings. The molecule has 1 aliphatic heterocycles. The summed E-state index contributed by atoms with van der Waals surface area (Å²) in [7, 11) is 0. The molecule has 2 aromatic rings. The summed E-state index contributed by atoms with van der Waals surface area (Å²) in [6.45, 7) is 3.41. The van der Waals surface area contributed by atoms with Crippen molar-refractivity contribution < 1.29 is 9.47 Å². The van der Waals surface area contributed by atoms with Crippen molar-refractivity contribution in [1.29, 1.82) is 0 Å². The minimum Gasteiger partial charge on any atom is -0.353 e. The summed E-state index contributed by atoms with van der Waals surface area (Å²) in [6.07, 6.45) is 6.85. The molecule has 2 aromatic heterocycles. The van der Waals surface area contributed by atoms with Crippen LogP contribution in [0.4, 0.5) is 0 Å². The minimum atomic E-state index is -0.0625. The van der Waals surface area contributed by atoms with Gasteiger partial charge in [-0.3, -0.25) is 9.97 Å². The average molecular weight is 284 g/mol. The number of hydrogen-bond acceptors (Lipinski definition) is 4. The van der Waals surface area contributed by atoms with Crippen LogP contribution in [0.2, 0.25) is 0 Å².